The van der Waals surface area contributed by atoms with Gasteiger partial charge in [0.15, 0.2) is 0 Å². The van der Waals surface area contributed by atoms with E-state index in [1.54, 1.807) is 31.3 Å². The van der Waals surface area contributed by atoms with Gasteiger partial charge in [0.25, 0.3) is 11.8 Å². The first kappa shape index (κ1) is 21.0. The van der Waals surface area contributed by atoms with Gasteiger partial charge in [-0.05, 0) is 61.4 Å². The van der Waals surface area contributed by atoms with Gasteiger partial charge in [0.05, 0.1) is 11.0 Å². The number of carbonyl (C=O) groups excluding carboxylic acids is 2. The molecule has 0 aliphatic carbocycles. The van der Waals surface area contributed by atoms with Crippen LogP contribution in [0.2, 0.25) is 0 Å². The van der Waals surface area contributed by atoms with Crippen molar-refractivity contribution in [3.05, 3.63) is 59.7 Å². The number of hydrogen-bond acceptors (Lipinski definition) is 5. The Hall–Kier alpha value is -2.75. The molecule has 0 aromatic heterocycles. The monoisotopic (exact) mass is 417 g/mol. The summed E-state index contributed by atoms with van der Waals surface area (Å²) in [5.41, 5.74) is 1.33. The maximum absolute atomic E-state index is 12.4. The first-order valence-electron chi connectivity index (χ1n) is 9.24. The van der Waals surface area contributed by atoms with Crippen LogP contribution in [0.1, 0.15) is 33.6 Å². The summed E-state index contributed by atoms with van der Waals surface area (Å²) in [5.74, 6) is -0.596. The second kappa shape index (κ2) is 9.17. The SMILES string of the molecule is CNC(=O)c1ccc(NC(=O)c2ccc(S(=O)(=O)NC[C@H]3CCCO3)cc2)cc1. The Labute approximate surface area is 169 Å². The van der Waals surface area contributed by atoms with E-state index in [4.69, 9.17) is 4.74 Å². The van der Waals surface area contributed by atoms with Crippen LogP contribution in [0, 0.1) is 0 Å². The highest BCUT2D eigenvalue weighted by atomic mass is 32.2. The summed E-state index contributed by atoms with van der Waals surface area (Å²) in [7, 11) is -2.12. The minimum absolute atomic E-state index is 0.0852. The number of rotatable bonds is 7. The van der Waals surface area contributed by atoms with Crippen molar-refractivity contribution >= 4 is 27.5 Å². The molecule has 1 atom stereocenters. The Morgan fingerprint density at radius 1 is 1.00 bits per heavy atom. The van der Waals surface area contributed by atoms with Gasteiger partial charge in [-0.2, -0.15) is 0 Å². The fourth-order valence-corrected chi connectivity index (χ4v) is 4.00. The fourth-order valence-electron chi connectivity index (χ4n) is 2.93. The van der Waals surface area contributed by atoms with Crippen LogP contribution in [0.25, 0.3) is 0 Å². The molecule has 3 N–H and O–H groups in total. The average molecular weight is 417 g/mol. The standard InChI is InChI=1S/C20H23N3O5S/c1-21-19(24)14-4-8-16(9-5-14)23-20(25)15-6-10-18(11-7-15)29(26,27)22-13-17-3-2-12-28-17/h4-11,17,22H,2-3,12-13H2,1H3,(H,21,24)(H,23,25)/t17-/m1/s1. The number of anilines is 1. The number of hydrogen-bond donors (Lipinski definition) is 3. The molecule has 2 aromatic rings. The summed E-state index contributed by atoms with van der Waals surface area (Å²) in [6.07, 6.45) is 1.68. The second-order valence-corrected chi connectivity index (χ2v) is 8.39. The highest BCUT2D eigenvalue weighted by Crippen LogP contribution is 2.16. The topological polar surface area (TPSA) is 114 Å². The summed E-state index contributed by atoms with van der Waals surface area (Å²) in [6, 6.07) is 12.1. The third-order valence-electron chi connectivity index (χ3n) is 4.58. The van der Waals surface area contributed by atoms with Gasteiger partial charge in [0.1, 0.15) is 0 Å². The highest BCUT2D eigenvalue weighted by Gasteiger charge is 2.20. The number of sulfonamides is 1. The molecule has 29 heavy (non-hydrogen) atoms. The van der Waals surface area contributed by atoms with Gasteiger partial charge >= 0.3 is 0 Å². The normalized spacial score (nSPS) is 16.4. The van der Waals surface area contributed by atoms with Gasteiger partial charge in [-0.1, -0.05) is 0 Å². The summed E-state index contributed by atoms with van der Waals surface area (Å²) in [4.78, 5) is 24.0. The van der Waals surface area contributed by atoms with Crippen LogP contribution < -0.4 is 15.4 Å². The lowest BCUT2D eigenvalue weighted by molar-refractivity contribution is 0.0962. The molecule has 2 aromatic carbocycles. The molecule has 0 spiro atoms. The zero-order valence-electron chi connectivity index (χ0n) is 16.0. The molecule has 0 saturated carbocycles. The lowest BCUT2D eigenvalue weighted by Gasteiger charge is -2.12. The zero-order valence-corrected chi connectivity index (χ0v) is 16.8. The van der Waals surface area contributed by atoms with Crippen molar-refractivity contribution in [2.24, 2.45) is 0 Å². The van der Waals surface area contributed by atoms with Crippen LogP contribution in [0.15, 0.2) is 53.4 Å². The van der Waals surface area contributed by atoms with Crippen molar-refractivity contribution in [3.8, 4) is 0 Å². The van der Waals surface area contributed by atoms with Gasteiger partial charge in [-0.25, -0.2) is 13.1 Å². The molecule has 1 heterocycles. The molecule has 9 heteroatoms. The summed E-state index contributed by atoms with van der Waals surface area (Å²) in [5, 5.41) is 5.23. The smallest absolute Gasteiger partial charge is 0.255 e. The molecule has 3 rings (SSSR count). The Morgan fingerprint density at radius 3 is 2.21 bits per heavy atom. The molecule has 154 valence electrons. The third kappa shape index (κ3) is 5.41. The Kier molecular flexibility index (Phi) is 6.63. The van der Waals surface area contributed by atoms with E-state index in [1.165, 1.54) is 24.3 Å². The predicted molar refractivity (Wildman–Crippen MR) is 108 cm³/mol. The number of amides is 2. The van der Waals surface area contributed by atoms with E-state index in [0.717, 1.165) is 12.8 Å². The lowest BCUT2D eigenvalue weighted by atomic mass is 10.1. The van der Waals surface area contributed by atoms with Crippen molar-refractivity contribution in [3.63, 3.8) is 0 Å². The molecule has 8 nitrogen and oxygen atoms in total. The number of benzene rings is 2. The third-order valence-corrected chi connectivity index (χ3v) is 6.02. The van der Waals surface area contributed by atoms with Crippen molar-refractivity contribution < 1.29 is 22.7 Å². The minimum atomic E-state index is -3.66. The molecule has 1 saturated heterocycles. The van der Waals surface area contributed by atoms with Crippen LogP contribution >= 0.6 is 0 Å². The van der Waals surface area contributed by atoms with Crippen LogP contribution in [0.4, 0.5) is 5.69 Å². The molecule has 0 radical (unpaired) electrons. The van der Waals surface area contributed by atoms with Crippen LogP contribution in [-0.2, 0) is 14.8 Å². The number of nitrogens with one attached hydrogen (secondary N) is 3. The van der Waals surface area contributed by atoms with Crippen molar-refractivity contribution in [1.82, 2.24) is 10.0 Å². The average Bonchev–Trinajstić information content (AvgIpc) is 3.26. The quantitative estimate of drug-likeness (QED) is 0.635. The van der Waals surface area contributed by atoms with E-state index in [0.29, 0.717) is 23.4 Å². The highest BCUT2D eigenvalue weighted by molar-refractivity contribution is 7.89. The van der Waals surface area contributed by atoms with Gasteiger partial charge < -0.3 is 15.4 Å². The Balaban J connectivity index is 1.61. The van der Waals surface area contributed by atoms with Crippen molar-refractivity contribution in [1.29, 1.82) is 0 Å². The molecule has 2 amide bonds. The van der Waals surface area contributed by atoms with E-state index < -0.39 is 10.0 Å². The molecule has 0 bridgehead atoms. The lowest BCUT2D eigenvalue weighted by Crippen LogP contribution is -2.31. The summed E-state index contributed by atoms with van der Waals surface area (Å²) >= 11 is 0. The molecule has 0 unspecified atom stereocenters. The largest absolute Gasteiger partial charge is 0.377 e. The minimum Gasteiger partial charge on any atom is -0.377 e. The molecule has 1 aliphatic heterocycles. The van der Waals surface area contributed by atoms with Gasteiger partial charge in [0.2, 0.25) is 10.0 Å². The summed E-state index contributed by atoms with van der Waals surface area (Å²) in [6.45, 7) is 0.890. The Bertz CT molecular complexity index is 966. The van der Waals surface area contributed by atoms with Crippen LogP contribution in [-0.4, -0.2) is 46.5 Å². The second-order valence-electron chi connectivity index (χ2n) is 6.62. The van der Waals surface area contributed by atoms with Crippen LogP contribution in [0.5, 0.6) is 0 Å². The zero-order chi connectivity index (χ0) is 20.9. The van der Waals surface area contributed by atoms with Gasteiger partial charge in [-0.15, -0.1) is 0 Å². The molecular weight excluding hydrogens is 394 g/mol. The maximum atomic E-state index is 12.4. The molecular formula is C20H23N3O5S. The molecule has 1 fully saturated rings. The van der Waals surface area contributed by atoms with Crippen LogP contribution in [0.3, 0.4) is 0 Å². The van der Waals surface area contributed by atoms with E-state index in [9.17, 15) is 18.0 Å². The first-order chi connectivity index (χ1) is 13.9. The number of carbonyl (C=O) groups is 2. The first-order valence-corrected chi connectivity index (χ1v) is 10.7. The predicted octanol–water partition coefficient (Wildman–Crippen LogP) is 1.76. The van der Waals surface area contributed by atoms with E-state index >= 15 is 0 Å². The fraction of sp³-hybridized carbons (Fsp3) is 0.300. The summed E-state index contributed by atoms with van der Waals surface area (Å²) < 4.78 is 32.7. The number of ether oxygens (including phenoxy) is 1. The van der Waals surface area contributed by atoms with Crippen molar-refractivity contribution in [2.75, 3.05) is 25.5 Å². The van der Waals surface area contributed by atoms with Gasteiger partial charge in [0, 0.05) is 37.0 Å². The maximum Gasteiger partial charge on any atom is 0.255 e. The Morgan fingerprint density at radius 2 is 1.62 bits per heavy atom. The molecule has 1 aliphatic rings. The van der Waals surface area contributed by atoms with E-state index in [2.05, 4.69) is 15.4 Å². The van der Waals surface area contributed by atoms with E-state index in [-0.39, 0.29) is 29.4 Å². The van der Waals surface area contributed by atoms with Gasteiger partial charge in [-0.3, -0.25) is 9.59 Å². The van der Waals surface area contributed by atoms with Crippen molar-refractivity contribution in [2.45, 2.75) is 23.8 Å². The van der Waals surface area contributed by atoms with E-state index in [1.807, 2.05) is 0 Å².